The minimum atomic E-state index is -0.0601. The molecular weight excluding hydrogens is 264 g/mol. The van der Waals surface area contributed by atoms with Crippen molar-refractivity contribution in [3.8, 4) is 11.5 Å². The fourth-order valence-corrected chi connectivity index (χ4v) is 2.88. The quantitative estimate of drug-likeness (QED) is 0.800. The highest BCUT2D eigenvalue weighted by atomic mass is 16.5. The van der Waals surface area contributed by atoms with Crippen molar-refractivity contribution in [2.75, 3.05) is 33.9 Å². The molecule has 1 aromatic carbocycles. The van der Waals surface area contributed by atoms with Crippen molar-refractivity contribution >= 4 is 0 Å². The zero-order chi connectivity index (χ0) is 15.2. The predicted molar refractivity (Wildman–Crippen MR) is 85.9 cm³/mol. The predicted octanol–water partition coefficient (Wildman–Crippen LogP) is 2.83. The fourth-order valence-electron chi connectivity index (χ4n) is 2.88. The van der Waals surface area contributed by atoms with Crippen molar-refractivity contribution in [2.24, 2.45) is 11.7 Å². The lowest BCUT2D eigenvalue weighted by Gasteiger charge is -2.33. The third-order valence-corrected chi connectivity index (χ3v) is 4.48. The smallest absolute Gasteiger partial charge is 0.123 e. The Morgan fingerprint density at radius 3 is 2.57 bits per heavy atom. The molecule has 2 rings (SSSR count). The third kappa shape index (κ3) is 4.11. The Bertz CT molecular complexity index is 446. The fraction of sp³-hybridized carbons (Fsp3) is 0.647. The van der Waals surface area contributed by atoms with E-state index in [1.165, 1.54) is 19.3 Å². The number of hydrogen-bond donors (Lipinski definition) is 1. The normalized spacial score (nSPS) is 16.6. The Morgan fingerprint density at radius 2 is 2.05 bits per heavy atom. The van der Waals surface area contributed by atoms with Gasteiger partial charge in [-0.05, 0) is 43.5 Å². The summed E-state index contributed by atoms with van der Waals surface area (Å²) in [7, 11) is 3.36. The molecule has 0 amide bonds. The standard InChI is InChI=1S/C17H28N2O2/c1-4-19(11-13-6-5-7-13)12-16(18)15-10-14(20-2)8-9-17(15)21-3/h8-10,13,16H,4-7,11-12,18H2,1-3H3. The molecule has 2 N–H and O–H groups in total. The van der Waals surface area contributed by atoms with E-state index in [-0.39, 0.29) is 6.04 Å². The molecule has 4 nitrogen and oxygen atoms in total. The number of likely N-dealkylation sites (N-methyl/N-ethyl adjacent to an activating group) is 1. The van der Waals surface area contributed by atoms with Gasteiger partial charge in [-0.1, -0.05) is 13.3 Å². The van der Waals surface area contributed by atoms with E-state index in [9.17, 15) is 0 Å². The van der Waals surface area contributed by atoms with Gasteiger partial charge in [0.15, 0.2) is 0 Å². The summed E-state index contributed by atoms with van der Waals surface area (Å²) in [6.45, 7) is 5.26. The average Bonchev–Trinajstić information content (AvgIpc) is 2.48. The van der Waals surface area contributed by atoms with E-state index >= 15 is 0 Å². The van der Waals surface area contributed by atoms with Gasteiger partial charge in [-0.15, -0.1) is 0 Å². The van der Waals surface area contributed by atoms with Gasteiger partial charge < -0.3 is 20.1 Å². The molecule has 1 aliphatic rings. The van der Waals surface area contributed by atoms with Crippen LogP contribution < -0.4 is 15.2 Å². The van der Waals surface area contributed by atoms with E-state index in [0.29, 0.717) is 0 Å². The van der Waals surface area contributed by atoms with Crippen molar-refractivity contribution in [1.29, 1.82) is 0 Å². The van der Waals surface area contributed by atoms with Crippen LogP contribution in [0.1, 0.15) is 37.8 Å². The topological polar surface area (TPSA) is 47.7 Å². The second-order valence-electron chi connectivity index (χ2n) is 5.86. The largest absolute Gasteiger partial charge is 0.497 e. The van der Waals surface area contributed by atoms with E-state index in [2.05, 4.69) is 11.8 Å². The molecule has 0 aromatic heterocycles. The molecular formula is C17H28N2O2. The molecule has 1 fully saturated rings. The number of hydrogen-bond acceptors (Lipinski definition) is 4. The Hall–Kier alpha value is -1.26. The molecule has 1 aliphatic carbocycles. The first-order chi connectivity index (χ1) is 10.2. The molecule has 21 heavy (non-hydrogen) atoms. The maximum atomic E-state index is 6.43. The lowest BCUT2D eigenvalue weighted by Crippen LogP contribution is -2.37. The van der Waals surface area contributed by atoms with Gasteiger partial charge >= 0.3 is 0 Å². The SMILES string of the molecule is CCN(CC1CCC1)CC(N)c1cc(OC)ccc1OC. The maximum Gasteiger partial charge on any atom is 0.123 e. The van der Waals surface area contributed by atoms with Crippen molar-refractivity contribution in [3.63, 3.8) is 0 Å². The van der Waals surface area contributed by atoms with Crippen LogP contribution in [0.2, 0.25) is 0 Å². The lowest BCUT2D eigenvalue weighted by molar-refractivity contribution is 0.176. The summed E-state index contributed by atoms with van der Waals surface area (Å²) >= 11 is 0. The first-order valence-corrected chi connectivity index (χ1v) is 7.87. The van der Waals surface area contributed by atoms with Gasteiger partial charge in [0.2, 0.25) is 0 Å². The number of ether oxygens (including phenoxy) is 2. The minimum absolute atomic E-state index is 0.0601. The number of rotatable bonds is 8. The van der Waals surface area contributed by atoms with E-state index in [1.807, 2.05) is 18.2 Å². The Labute approximate surface area is 128 Å². The highest BCUT2D eigenvalue weighted by Gasteiger charge is 2.22. The average molecular weight is 292 g/mol. The van der Waals surface area contributed by atoms with Crippen LogP contribution in [0.3, 0.4) is 0 Å². The molecule has 1 aromatic rings. The number of benzene rings is 1. The van der Waals surface area contributed by atoms with Gasteiger partial charge in [-0.2, -0.15) is 0 Å². The van der Waals surface area contributed by atoms with Crippen LogP contribution in [-0.4, -0.2) is 38.8 Å². The molecule has 1 atom stereocenters. The van der Waals surface area contributed by atoms with Crippen molar-refractivity contribution < 1.29 is 9.47 Å². The van der Waals surface area contributed by atoms with Gasteiger partial charge in [0, 0.05) is 24.7 Å². The highest BCUT2D eigenvalue weighted by molar-refractivity contribution is 5.42. The minimum Gasteiger partial charge on any atom is -0.497 e. The maximum absolute atomic E-state index is 6.43. The van der Waals surface area contributed by atoms with Gasteiger partial charge in [-0.3, -0.25) is 0 Å². The summed E-state index contributed by atoms with van der Waals surface area (Å²) in [4.78, 5) is 2.45. The zero-order valence-electron chi connectivity index (χ0n) is 13.5. The Balaban J connectivity index is 2.04. The molecule has 0 heterocycles. The van der Waals surface area contributed by atoms with Gasteiger partial charge in [-0.25, -0.2) is 0 Å². The van der Waals surface area contributed by atoms with Gasteiger partial charge in [0.05, 0.1) is 14.2 Å². The Kier molecular flexibility index (Phi) is 5.88. The summed E-state index contributed by atoms with van der Waals surface area (Å²) < 4.78 is 10.7. The van der Waals surface area contributed by atoms with Crippen LogP contribution >= 0.6 is 0 Å². The number of nitrogens with zero attached hydrogens (tertiary/aromatic N) is 1. The molecule has 0 spiro atoms. The summed E-state index contributed by atoms with van der Waals surface area (Å²) in [6.07, 6.45) is 4.13. The van der Waals surface area contributed by atoms with E-state index in [0.717, 1.165) is 42.6 Å². The van der Waals surface area contributed by atoms with Crippen LogP contribution in [0, 0.1) is 5.92 Å². The van der Waals surface area contributed by atoms with Crippen LogP contribution in [0.15, 0.2) is 18.2 Å². The molecule has 0 bridgehead atoms. The van der Waals surface area contributed by atoms with Crippen LogP contribution in [0.4, 0.5) is 0 Å². The van der Waals surface area contributed by atoms with Crippen LogP contribution in [0.25, 0.3) is 0 Å². The summed E-state index contributed by atoms with van der Waals surface area (Å²) in [6, 6.07) is 5.76. The van der Waals surface area contributed by atoms with E-state index < -0.39 is 0 Å². The summed E-state index contributed by atoms with van der Waals surface area (Å²) in [5, 5.41) is 0. The van der Waals surface area contributed by atoms with E-state index in [1.54, 1.807) is 14.2 Å². The van der Waals surface area contributed by atoms with Crippen molar-refractivity contribution in [1.82, 2.24) is 4.90 Å². The molecule has 4 heteroatoms. The molecule has 0 saturated heterocycles. The molecule has 0 radical (unpaired) electrons. The van der Waals surface area contributed by atoms with Crippen LogP contribution in [0.5, 0.6) is 11.5 Å². The Morgan fingerprint density at radius 1 is 1.29 bits per heavy atom. The van der Waals surface area contributed by atoms with E-state index in [4.69, 9.17) is 15.2 Å². The van der Waals surface area contributed by atoms with Gasteiger partial charge in [0.25, 0.3) is 0 Å². The second-order valence-corrected chi connectivity index (χ2v) is 5.86. The molecule has 118 valence electrons. The van der Waals surface area contributed by atoms with Crippen molar-refractivity contribution in [2.45, 2.75) is 32.2 Å². The van der Waals surface area contributed by atoms with Crippen LogP contribution in [-0.2, 0) is 0 Å². The zero-order valence-corrected chi connectivity index (χ0v) is 13.5. The van der Waals surface area contributed by atoms with Gasteiger partial charge in [0.1, 0.15) is 11.5 Å². The molecule has 1 saturated carbocycles. The third-order valence-electron chi connectivity index (χ3n) is 4.48. The molecule has 0 aliphatic heterocycles. The molecule has 1 unspecified atom stereocenters. The summed E-state index contributed by atoms with van der Waals surface area (Å²) in [5.41, 5.74) is 7.45. The van der Waals surface area contributed by atoms with Crippen molar-refractivity contribution in [3.05, 3.63) is 23.8 Å². The second kappa shape index (κ2) is 7.66. The summed E-state index contributed by atoms with van der Waals surface area (Å²) in [5.74, 6) is 2.52. The monoisotopic (exact) mass is 292 g/mol. The highest BCUT2D eigenvalue weighted by Crippen LogP contribution is 2.30. The number of nitrogens with two attached hydrogens (primary N) is 1. The number of methoxy groups -OCH3 is 2. The first kappa shape index (κ1) is 16.1. The first-order valence-electron chi connectivity index (χ1n) is 7.87. The lowest BCUT2D eigenvalue weighted by atomic mass is 9.85.